The topological polar surface area (TPSA) is 64.1 Å². The number of anilines is 1. The molecule has 1 aliphatic carbocycles. The number of nitrogens with zero attached hydrogens (tertiary/aromatic N) is 2. The lowest BCUT2D eigenvalue weighted by Crippen LogP contribution is -2.21. The van der Waals surface area contributed by atoms with Crippen molar-refractivity contribution < 1.29 is 9.53 Å². The Kier molecular flexibility index (Phi) is 4.36. The number of para-hydroxylation sites is 1. The summed E-state index contributed by atoms with van der Waals surface area (Å²) in [6.45, 7) is -0.0678. The normalized spacial score (nSPS) is 13.0. The maximum atomic E-state index is 12.2. The van der Waals surface area contributed by atoms with Gasteiger partial charge < -0.3 is 10.1 Å². The predicted octanol–water partition coefficient (Wildman–Crippen LogP) is 3.80. The van der Waals surface area contributed by atoms with Gasteiger partial charge in [-0.15, -0.1) is 11.3 Å². The van der Waals surface area contributed by atoms with Crippen molar-refractivity contribution in [1.29, 1.82) is 0 Å². The van der Waals surface area contributed by atoms with Crippen molar-refractivity contribution in [3.8, 4) is 5.88 Å². The molecule has 0 fully saturated rings. The summed E-state index contributed by atoms with van der Waals surface area (Å²) in [4.78, 5) is 23.1. The van der Waals surface area contributed by atoms with Crippen LogP contribution in [0.25, 0.3) is 10.2 Å². The Bertz CT molecular complexity index is 925. The van der Waals surface area contributed by atoms with E-state index in [2.05, 4.69) is 37.9 Å². The van der Waals surface area contributed by atoms with E-state index in [0.29, 0.717) is 5.88 Å². The van der Waals surface area contributed by atoms with E-state index in [9.17, 15) is 4.79 Å². The number of hydrogen-bond donors (Lipinski definition) is 1. The van der Waals surface area contributed by atoms with Crippen molar-refractivity contribution in [1.82, 2.24) is 9.97 Å². The van der Waals surface area contributed by atoms with Gasteiger partial charge in [-0.25, -0.2) is 9.97 Å². The molecule has 1 amide bonds. The molecule has 5 nitrogen and oxygen atoms in total. The quantitative estimate of drug-likeness (QED) is 0.613. The van der Waals surface area contributed by atoms with Gasteiger partial charge in [0.25, 0.3) is 5.91 Å². The molecule has 7 heteroatoms. The number of hydrogen-bond acceptors (Lipinski definition) is 5. The fourth-order valence-corrected chi connectivity index (χ4v) is 4.63. The van der Waals surface area contributed by atoms with Crippen LogP contribution in [0, 0.1) is 3.57 Å². The molecule has 24 heavy (non-hydrogen) atoms. The average molecular weight is 451 g/mol. The zero-order valence-electron chi connectivity index (χ0n) is 12.7. The number of carbonyl (C=O) groups is 1. The summed E-state index contributed by atoms with van der Waals surface area (Å²) in [5, 5.41) is 3.85. The van der Waals surface area contributed by atoms with Crippen molar-refractivity contribution in [3.05, 3.63) is 44.6 Å². The number of nitrogens with one attached hydrogen (secondary N) is 1. The van der Waals surface area contributed by atoms with E-state index in [1.807, 2.05) is 24.3 Å². The van der Waals surface area contributed by atoms with E-state index in [4.69, 9.17) is 4.74 Å². The van der Waals surface area contributed by atoms with Crippen LogP contribution in [0.4, 0.5) is 5.69 Å². The van der Waals surface area contributed by atoms with Crippen LogP contribution in [-0.2, 0) is 17.6 Å². The molecule has 0 radical (unpaired) electrons. The predicted molar refractivity (Wildman–Crippen MR) is 103 cm³/mol. The average Bonchev–Trinajstić information content (AvgIpc) is 3.16. The molecule has 1 N–H and O–H groups in total. The molecule has 122 valence electrons. The molecule has 0 saturated heterocycles. The van der Waals surface area contributed by atoms with E-state index in [1.165, 1.54) is 23.2 Å². The lowest BCUT2D eigenvalue weighted by atomic mass is 10.2. The van der Waals surface area contributed by atoms with Crippen molar-refractivity contribution in [3.63, 3.8) is 0 Å². The molecule has 4 rings (SSSR count). The Morgan fingerprint density at radius 3 is 3.04 bits per heavy atom. The minimum Gasteiger partial charge on any atom is -0.467 e. The van der Waals surface area contributed by atoms with Crippen molar-refractivity contribution in [2.45, 2.75) is 19.3 Å². The highest BCUT2D eigenvalue weighted by atomic mass is 127. The molecule has 0 unspecified atom stereocenters. The number of amides is 1. The summed E-state index contributed by atoms with van der Waals surface area (Å²) < 4.78 is 6.71. The van der Waals surface area contributed by atoms with Crippen LogP contribution in [-0.4, -0.2) is 22.5 Å². The zero-order chi connectivity index (χ0) is 16.5. The molecule has 2 aromatic heterocycles. The second kappa shape index (κ2) is 6.64. The number of benzene rings is 1. The summed E-state index contributed by atoms with van der Waals surface area (Å²) >= 11 is 3.90. The summed E-state index contributed by atoms with van der Waals surface area (Å²) in [5.74, 6) is 0.315. The van der Waals surface area contributed by atoms with Gasteiger partial charge in [0.15, 0.2) is 6.61 Å². The molecule has 2 heterocycles. The van der Waals surface area contributed by atoms with E-state index in [-0.39, 0.29) is 12.5 Å². The Hall–Kier alpha value is -1.74. The number of thiophene rings is 1. The number of rotatable bonds is 4. The molecule has 1 aliphatic rings. The van der Waals surface area contributed by atoms with Gasteiger partial charge in [-0.1, -0.05) is 12.1 Å². The van der Waals surface area contributed by atoms with Gasteiger partial charge in [-0.3, -0.25) is 4.79 Å². The van der Waals surface area contributed by atoms with Gasteiger partial charge in [-0.05, 0) is 59.5 Å². The van der Waals surface area contributed by atoms with Gasteiger partial charge >= 0.3 is 0 Å². The van der Waals surface area contributed by atoms with Gasteiger partial charge in [0.1, 0.15) is 11.2 Å². The van der Waals surface area contributed by atoms with Crippen LogP contribution in [0.2, 0.25) is 0 Å². The van der Waals surface area contributed by atoms with E-state index in [1.54, 1.807) is 11.3 Å². The minimum absolute atomic E-state index is 0.0678. The Morgan fingerprint density at radius 1 is 1.29 bits per heavy atom. The molecular formula is C17H14IN3O2S. The highest BCUT2D eigenvalue weighted by Gasteiger charge is 2.22. The SMILES string of the molecule is O=C(COc1ncnc2sc3c(c12)CCC3)Nc1ccccc1I. The first kappa shape index (κ1) is 15.8. The van der Waals surface area contributed by atoms with Crippen molar-refractivity contribution in [2.75, 3.05) is 11.9 Å². The van der Waals surface area contributed by atoms with Crippen LogP contribution in [0.1, 0.15) is 16.9 Å². The number of aryl methyl sites for hydroxylation is 2. The van der Waals surface area contributed by atoms with E-state index >= 15 is 0 Å². The van der Waals surface area contributed by atoms with Gasteiger partial charge in [0, 0.05) is 8.45 Å². The molecule has 3 aromatic rings. The summed E-state index contributed by atoms with van der Waals surface area (Å²) in [6.07, 6.45) is 4.80. The maximum absolute atomic E-state index is 12.2. The largest absolute Gasteiger partial charge is 0.467 e. The monoisotopic (exact) mass is 451 g/mol. The highest BCUT2D eigenvalue weighted by Crippen LogP contribution is 2.39. The molecule has 0 saturated carbocycles. The number of ether oxygens (including phenoxy) is 1. The third-order valence-electron chi connectivity index (χ3n) is 3.95. The highest BCUT2D eigenvalue weighted by molar-refractivity contribution is 14.1. The molecule has 0 aliphatic heterocycles. The summed E-state index contributed by atoms with van der Waals surface area (Å²) in [7, 11) is 0. The molecule has 1 aromatic carbocycles. The van der Waals surface area contributed by atoms with Crippen LogP contribution in [0.15, 0.2) is 30.6 Å². The van der Waals surface area contributed by atoms with E-state index < -0.39 is 0 Å². The van der Waals surface area contributed by atoms with Gasteiger partial charge in [0.05, 0.1) is 11.1 Å². The smallest absolute Gasteiger partial charge is 0.262 e. The lowest BCUT2D eigenvalue weighted by Gasteiger charge is -2.09. The number of fused-ring (bicyclic) bond motifs is 3. The first-order chi connectivity index (χ1) is 11.7. The zero-order valence-corrected chi connectivity index (χ0v) is 15.7. The molecule has 0 bridgehead atoms. The fourth-order valence-electron chi connectivity index (χ4n) is 2.89. The molecule has 0 spiro atoms. The van der Waals surface area contributed by atoms with E-state index in [0.717, 1.165) is 32.3 Å². The maximum Gasteiger partial charge on any atom is 0.262 e. The third kappa shape index (κ3) is 2.98. The number of aromatic nitrogens is 2. The number of carbonyl (C=O) groups excluding carboxylic acids is 1. The Morgan fingerprint density at radius 2 is 2.17 bits per heavy atom. The lowest BCUT2D eigenvalue weighted by molar-refractivity contribution is -0.118. The van der Waals surface area contributed by atoms with Crippen molar-refractivity contribution >= 4 is 55.7 Å². The van der Waals surface area contributed by atoms with Gasteiger partial charge in [0.2, 0.25) is 5.88 Å². The van der Waals surface area contributed by atoms with Crippen LogP contribution in [0.5, 0.6) is 5.88 Å². The van der Waals surface area contributed by atoms with Crippen LogP contribution >= 0.6 is 33.9 Å². The Balaban J connectivity index is 1.51. The second-order valence-corrected chi connectivity index (χ2v) is 7.78. The number of halogens is 1. The van der Waals surface area contributed by atoms with Crippen LogP contribution < -0.4 is 10.1 Å². The van der Waals surface area contributed by atoms with Crippen molar-refractivity contribution in [2.24, 2.45) is 0 Å². The Labute approximate surface area is 156 Å². The summed E-state index contributed by atoms with van der Waals surface area (Å²) in [5.41, 5.74) is 2.08. The third-order valence-corrected chi connectivity index (χ3v) is 6.09. The van der Waals surface area contributed by atoms with Crippen LogP contribution in [0.3, 0.4) is 0 Å². The fraction of sp³-hybridized carbons (Fsp3) is 0.235. The first-order valence-electron chi connectivity index (χ1n) is 7.65. The second-order valence-electron chi connectivity index (χ2n) is 5.53. The minimum atomic E-state index is -0.197. The standard InChI is InChI=1S/C17H14IN3O2S/c18-11-5-1-2-6-12(11)21-14(22)8-23-16-15-10-4-3-7-13(10)24-17(15)20-9-19-16/h1-2,5-6,9H,3-4,7-8H2,(H,21,22). The molecular weight excluding hydrogens is 437 g/mol. The molecule has 0 atom stereocenters. The summed E-state index contributed by atoms with van der Waals surface area (Å²) in [6, 6.07) is 7.64. The van der Waals surface area contributed by atoms with Gasteiger partial charge in [-0.2, -0.15) is 0 Å². The first-order valence-corrected chi connectivity index (χ1v) is 9.54.